The lowest BCUT2D eigenvalue weighted by atomic mass is 9.91. The fraction of sp³-hybridized carbons (Fsp3) is 0.214. The number of amides is 1. The Kier molecular flexibility index (Phi) is 9.32. The minimum Gasteiger partial charge on any atom is -0.478 e. The van der Waals surface area contributed by atoms with Crippen LogP contribution in [0.4, 0.5) is 0 Å². The number of rotatable bonds is 10. The number of fused-ring (bicyclic) bond motifs is 1. The van der Waals surface area contributed by atoms with Crippen molar-refractivity contribution in [3.63, 3.8) is 0 Å². The number of carboxylic acids is 1. The van der Waals surface area contributed by atoms with Crippen LogP contribution in [0.1, 0.15) is 30.9 Å². The number of carbonyl (C=O) groups is 2. The van der Waals surface area contributed by atoms with Crippen LogP contribution in [-0.4, -0.2) is 23.0 Å². The Morgan fingerprint density at radius 1 is 1.00 bits per heavy atom. The van der Waals surface area contributed by atoms with E-state index < -0.39 is 5.97 Å². The Hall–Kier alpha value is -3.08. The number of hydrogen-bond acceptors (Lipinski definition) is 2. The second-order valence-corrected chi connectivity index (χ2v) is 9.03. The van der Waals surface area contributed by atoms with Crippen molar-refractivity contribution in [3.8, 4) is 0 Å². The second kappa shape index (κ2) is 12.4. The van der Waals surface area contributed by atoms with Gasteiger partial charge in [0.2, 0.25) is 5.91 Å². The smallest absolute Gasteiger partial charge is 0.327 e. The third-order valence-corrected chi connectivity index (χ3v) is 6.33. The van der Waals surface area contributed by atoms with Gasteiger partial charge in [0.15, 0.2) is 0 Å². The zero-order valence-electron chi connectivity index (χ0n) is 18.9. The highest BCUT2D eigenvalue weighted by atomic mass is 35.5. The minimum absolute atomic E-state index is 0.00206. The summed E-state index contributed by atoms with van der Waals surface area (Å²) in [6.07, 6.45) is 7.99. The first kappa shape index (κ1) is 25.5. The Morgan fingerprint density at radius 2 is 1.76 bits per heavy atom. The fourth-order valence-corrected chi connectivity index (χ4v) is 4.05. The third-order valence-electron chi connectivity index (χ3n) is 5.59. The van der Waals surface area contributed by atoms with Crippen LogP contribution in [0.5, 0.6) is 0 Å². The van der Waals surface area contributed by atoms with Gasteiger partial charge >= 0.3 is 5.97 Å². The van der Waals surface area contributed by atoms with Gasteiger partial charge in [-0.05, 0) is 59.9 Å². The molecule has 0 aromatic heterocycles. The van der Waals surface area contributed by atoms with Crippen LogP contribution in [0.2, 0.25) is 10.0 Å². The lowest BCUT2D eigenvalue weighted by Gasteiger charge is -2.23. The Labute approximate surface area is 209 Å². The molecule has 0 radical (unpaired) electrons. The molecule has 2 atom stereocenters. The molecule has 6 heteroatoms. The van der Waals surface area contributed by atoms with Gasteiger partial charge in [-0.1, -0.05) is 83.9 Å². The summed E-state index contributed by atoms with van der Waals surface area (Å²) in [7, 11) is 0. The molecule has 0 aliphatic carbocycles. The van der Waals surface area contributed by atoms with Gasteiger partial charge in [-0.3, -0.25) is 4.79 Å². The maximum absolute atomic E-state index is 12.4. The molecule has 0 saturated carbocycles. The molecule has 1 amide bonds. The first-order valence-corrected chi connectivity index (χ1v) is 11.9. The molecular formula is C28H27Cl2NO3. The van der Waals surface area contributed by atoms with Crippen molar-refractivity contribution in [1.82, 2.24) is 5.32 Å². The summed E-state index contributed by atoms with van der Waals surface area (Å²) >= 11 is 12.3. The van der Waals surface area contributed by atoms with E-state index in [1.807, 2.05) is 31.2 Å². The van der Waals surface area contributed by atoms with E-state index in [-0.39, 0.29) is 24.3 Å². The first-order chi connectivity index (χ1) is 16.3. The van der Waals surface area contributed by atoms with Crippen molar-refractivity contribution in [2.24, 2.45) is 5.92 Å². The van der Waals surface area contributed by atoms with Crippen LogP contribution < -0.4 is 5.32 Å². The number of hydrogen-bond donors (Lipinski definition) is 2. The van der Waals surface area contributed by atoms with E-state index in [9.17, 15) is 9.59 Å². The molecule has 2 N–H and O–H groups in total. The van der Waals surface area contributed by atoms with Gasteiger partial charge in [-0.15, -0.1) is 0 Å². The zero-order valence-corrected chi connectivity index (χ0v) is 20.4. The summed E-state index contributed by atoms with van der Waals surface area (Å²) in [6.45, 7) is 1.97. The molecule has 4 nitrogen and oxygen atoms in total. The molecule has 0 bridgehead atoms. The fourth-order valence-electron chi connectivity index (χ4n) is 3.73. The van der Waals surface area contributed by atoms with Gasteiger partial charge in [0.1, 0.15) is 0 Å². The van der Waals surface area contributed by atoms with E-state index in [4.69, 9.17) is 28.3 Å². The second-order valence-electron chi connectivity index (χ2n) is 8.22. The highest BCUT2D eigenvalue weighted by Crippen LogP contribution is 2.25. The molecule has 0 aliphatic heterocycles. The SMILES string of the molecule is C[C@H](NC(=O)CC/C=C/C(=O)O)[C@H](/C=C/c1ccc2ccccc2c1)Cc1ccc(Cl)c(Cl)c1. The van der Waals surface area contributed by atoms with E-state index in [2.05, 4.69) is 47.8 Å². The van der Waals surface area contributed by atoms with Gasteiger partial charge in [0.05, 0.1) is 10.0 Å². The zero-order chi connectivity index (χ0) is 24.5. The number of carboxylic acid groups (broad SMARTS) is 1. The van der Waals surface area contributed by atoms with Crippen LogP contribution in [-0.2, 0) is 16.0 Å². The number of aliphatic carboxylic acids is 1. The number of nitrogens with one attached hydrogen (secondary N) is 1. The molecule has 176 valence electrons. The monoisotopic (exact) mass is 495 g/mol. The van der Waals surface area contributed by atoms with Crippen molar-refractivity contribution < 1.29 is 14.7 Å². The van der Waals surface area contributed by atoms with Crippen LogP contribution >= 0.6 is 23.2 Å². The third kappa shape index (κ3) is 7.75. The van der Waals surface area contributed by atoms with E-state index in [1.54, 1.807) is 6.07 Å². The highest BCUT2D eigenvalue weighted by molar-refractivity contribution is 6.42. The summed E-state index contributed by atoms with van der Waals surface area (Å²) in [5.74, 6) is -1.14. The van der Waals surface area contributed by atoms with Gasteiger partial charge in [0.25, 0.3) is 0 Å². The molecule has 0 aliphatic rings. The Bertz CT molecular complexity index is 1220. The Balaban J connectivity index is 1.76. The molecule has 0 saturated heterocycles. The Morgan fingerprint density at radius 3 is 2.50 bits per heavy atom. The number of allylic oxidation sites excluding steroid dienone is 1. The van der Waals surface area contributed by atoms with Gasteiger partial charge in [-0.25, -0.2) is 4.79 Å². The maximum atomic E-state index is 12.4. The van der Waals surface area contributed by atoms with Crippen molar-refractivity contribution in [1.29, 1.82) is 0 Å². The van der Waals surface area contributed by atoms with Crippen molar-refractivity contribution in [2.45, 2.75) is 32.2 Å². The molecule has 34 heavy (non-hydrogen) atoms. The lowest BCUT2D eigenvalue weighted by Crippen LogP contribution is -2.38. The van der Waals surface area contributed by atoms with Crippen molar-refractivity contribution >= 4 is 51.9 Å². The lowest BCUT2D eigenvalue weighted by molar-refractivity contribution is -0.131. The van der Waals surface area contributed by atoms with Crippen LogP contribution in [0.25, 0.3) is 16.8 Å². The quantitative estimate of drug-likeness (QED) is 0.299. The summed E-state index contributed by atoms with van der Waals surface area (Å²) in [4.78, 5) is 23.0. The molecule has 0 unspecified atom stereocenters. The van der Waals surface area contributed by atoms with Crippen LogP contribution in [0.3, 0.4) is 0 Å². The molecule has 0 heterocycles. The minimum atomic E-state index is -1.02. The number of benzene rings is 3. The number of carbonyl (C=O) groups excluding carboxylic acids is 1. The largest absolute Gasteiger partial charge is 0.478 e. The van der Waals surface area contributed by atoms with Gasteiger partial charge in [-0.2, -0.15) is 0 Å². The predicted molar refractivity (Wildman–Crippen MR) is 140 cm³/mol. The van der Waals surface area contributed by atoms with Crippen LogP contribution in [0, 0.1) is 5.92 Å². The normalized spacial score (nSPS) is 13.4. The van der Waals surface area contributed by atoms with E-state index >= 15 is 0 Å². The topological polar surface area (TPSA) is 66.4 Å². The standard InChI is InChI=1S/C28H27Cl2NO3/c1-19(31-27(32)8-4-5-9-28(33)34)23(17-21-12-15-25(29)26(30)18-21)14-11-20-10-13-22-6-2-3-7-24(22)16-20/h2-3,5-7,9-16,18-19,23H,4,8,17H2,1H3,(H,31,32)(H,33,34)/b9-5+,14-11+/t19-,23+/m0/s1. The van der Waals surface area contributed by atoms with Gasteiger partial charge in [0, 0.05) is 24.5 Å². The molecule has 3 aromatic rings. The summed E-state index contributed by atoms with van der Waals surface area (Å²) in [6, 6.07) is 19.9. The summed E-state index contributed by atoms with van der Waals surface area (Å²) < 4.78 is 0. The molecule has 3 aromatic carbocycles. The van der Waals surface area contributed by atoms with E-state index in [0.29, 0.717) is 22.9 Å². The van der Waals surface area contributed by atoms with E-state index in [0.717, 1.165) is 17.2 Å². The van der Waals surface area contributed by atoms with Gasteiger partial charge < -0.3 is 10.4 Å². The highest BCUT2D eigenvalue weighted by Gasteiger charge is 2.18. The summed E-state index contributed by atoms with van der Waals surface area (Å²) in [5, 5.41) is 15.1. The predicted octanol–water partition coefficient (Wildman–Crippen LogP) is 6.94. The van der Waals surface area contributed by atoms with Crippen molar-refractivity contribution in [3.05, 3.63) is 100 Å². The molecule has 0 fully saturated rings. The first-order valence-electron chi connectivity index (χ1n) is 11.1. The average Bonchev–Trinajstić information content (AvgIpc) is 2.81. The maximum Gasteiger partial charge on any atom is 0.327 e. The average molecular weight is 496 g/mol. The van der Waals surface area contributed by atoms with Crippen molar-refractivity contribution in [2.75, 3.05) is 0 Å². The molecular weight excluding hydrogens is 469 g/mol. The summed E-state index contributed by atoms with van der Waals surface area (Å²) in [5.41, 5.74) is 2.10. The number of halogens is 2. The molecule has 3 rings (SSSR count). The molecule has 0 spiro atoms. The van der Waals surface area contributed by atoms with E-state index in [1.165, 1.54) is 16.8 Å². The van der Waals surface area contributed by atoms with Crippen LogP contribution in [0.15, 0.2) is 78.9 Å².